The topological polar surface area (TPSA) is 87.0 Å². The number of carbonyl (C=O) groups is 2. The quantitative estimate of drug-likeness (QED) is 0.526. The summed E-state index contributed by atoms with van der Waals surface area (Å²) in [6, 6.07) is 15.2. The average molecular weight is 308 g/mol. The second-order valence-corrected chi connectivity index (χ2v) is 4.67. The molecule has 3 aromatic rings. The number of rotatable bonds is 5. The van der Waals surface area contributed by atoms with E-state index in [-0.39, 0.29) is 12.4 Å². The molecule has 0 aliphatic rings. The van der Waals surface area contributed by atoms with E-state index in [1.54, 1.807) is 48.5 Å². The van der Waals surface area contributed by atoms with E-state index >= 15 is 0 Å². The highest BCUT2D eigenvalue weighted by molar-refractivity contribution is 5.99. The summed E-state index contributed by atoms with van der Waals surface area (Å²) >= 11 is 0. The van der Waals surface area contributed by atoms with Crippen molar-refractivity contribution < 1.29 is 14.3 Å². The Morgan fingerprint density at radius 2 is 1.70 bits per heavy atom. The van der Waals surface area contributed by atoms with Gasteiger partial charge in [-0.25, -0.2) is 9.48 Å². The largest absolute Gasteiger partial charge is 0.454 e. The Balaban J connectivity index is 1.61. The summed E-state index contributed by atoms with van der Waals surface area (Å²) in [4.78, 5) is 23.8. The van der Waals surface area contributed by atoms with Gasteiger partial charge in [-0.1, -0.05) is 30.3 Å². The van der Waals surface area contributed by atoms with Crippen LogP contribution in [0.5, 0.6) is 0 Å². The van der Waals surface area contributed by atoms with Crippen LogP contribution >= 0.6 is 0 Å². The van der Waals surface area contributed by atoms with Gasteiger partial charge in [0.25, 0.3) is 0 Å². The maximum absolute atomic E-state index is 12.0. The SMILES string of the molecule is O=C(COC(=O)c1ccc(-n2cnnn2)cc1)c1ccccc1. The molecular formula is C16H12N4O3. The van der Waals surface area contributed by atoms with Crippen molar-refractivity contribution in [3.63, 3.8) is 0 Å². The molecule has 0 saturated carbocycles. The number of esters is 1. The minimum Gasteiger partial charge on any atom is -0.454 e. The number of hydrogen-bond acceptors (Lipinski definition) is 6. The minimum absolute atomic E-state index is 0.246. The zero-order valence-electron chi connectivity index (χ0n) is 12.0. The summed E-state index contributed by atoms with van der Waals surface area (Å²) in [5, 5.41) is 10.8. The molecule has 7 heteroatoms. The van der Waals surface area contributed by atoms with Crippen molar-refractivity contribution in [3.05, 3.63) is 72.1 Å². The molecule has 7 nitrogen and oxygen atoms in total. The first-order chi connectivity index (χ1) is 11.2. The van der Waals surface area contributed by atoms with Gasteiger partial charge in [0.15, 0.2) is 12.4 Å². The van der Waals surface area contributed by atoms with Crippen molar-refractivity contribution in [2.45, 2.75) is 0 Å². The molecule has 0 spiro atoms. The molecule has 114 valence electrons. The van der Waals surface area contributed by atoms with Gasteiger partial charge in [-0.3, -0.25) is 4.79 Å². The van der Waals surface area contributed by atoms with Crippen LogP contribution in [0.15, 0.2) is 60.9 Å². The lowest BCUT2D eigenvalue weighted by Crippen LogP contribution is -2.14. The summed E-state index contributed by atoms with van der Waals surface area (Å²) in [6.45, 7) is -0.294. The first-order valence-electron chi connectivity index (χ1n) is 6.83. The second kappa shape index (κ2) is 6.61. The molecule has 0 amide bonds. The standard InChI is InChI=1S/C16H12N4O3/c21-15(12-4-2-1-3-5-12)10-23-16(22)13-6-8-14(9-7-13)20-11-17-18-19-20/h1-9,11H,10H2. The predicted molar refractivity (Wildman–Crippen MR) is 80.2 cm³/mol. The molecular weight excluding hydrogens is 296 g/mol. The fourth-order valence-corrected chi connectivity index (χ4v) is 1.95. The van der Waals surface area contributed by atoms with Crippen LogP contribution < -0.4 is 0 Å². The van der Waals surface area contributed by atoms with Crippen molar-refractivity contribution in [2.24, 2.45) is 0 Å². The van der Waals surface area contributed by atoms with Gasteiger partial charge < -0.3 is 4.74 Å². The van der Waals surface area contributed by atoms with Crippen LogP contribution in [0.25, 0.3) is 5.69 Å². The molecule has 0 unspecified atom stereocenters. The smallest absolute Gasteiger partial charge is 0.338 e. The summed E-state index contributed by atoms with van der Waals surface area (Å²) < 4.78 is 6.51. The normalized spacial score (nSPS) is 10.3. The fraction of sp³-hybridized carbons (Fsp3) is 0.0625. The Morgan fingerprint density at radius 1 is 0.957 bits per heavy atom. The number of tetrazole rings is 1. The van der Waals surface area contributed by atoms with Crippen molar-refractivity contribution in [2.75, 3.05) is 6.61 Å². The number of ketones is 1. The van der Waals surface area contributed by atoms with Crippen molar-refractivity contribution >= 4 is 11.8 Å². The van der Waals surface area contributed by atoms with E-state index in [0.717, 1.165) is 0 Å². The number of Topliss-reactive ketones (excluding diaryl/α,β-unsaturated/α-hetero) is 1. The Morgan fingerprint density at radius 3 is 2.35 bits per heavy atom. The third-order valence-electron chi connectivity index (χ3n) is 3.15. The van der Waals surface area contributed by atoms with Crippen LogP contribution in [-0.2, 0) is 4.74 Å². The van der Waals surface area contributed by atoms with E-state index in [1.807, 2.05) is 6.07 Å². The highest BCUT2D eigenvalue weighted by atomic mass is 16.5. The van der Waals surface area contributed by atoms with Crippen LogP contribution in [0.4, 0.5) is 0 Å². The maximum Gasteiger partial charge on any atom is 0.338 e. The molecule has 1 aromatic heterocycles. The number of nitrogens with zero attached hydrogens (tertiary/aromatic N) is 4. The molecule has 0 saturated heterocycles. The first-order valence-corrected chi connectivity index (χ1v) is 6.83. The van der Waals surface area contributed by atoms with E-state index in [9.17, 15) is 9.59 Å². The molecule has 1 heterocycles. The average Bonchev–Trinajstić information content (AvgIpc) is 3.15. The van der Waals surface area contributed by atoms with Gasteiger partial charge in [0, 0.05) is 5.56 Å². The van der Waals surface area contributed by atoms with Crippen molar-refractivity contribution in [1.82, 2.24) is 20.2 Å². The van der Waals surface area contributed by atoms with Gasteiger partial charge >= 0.3 is 5.97 Å². The Kier molecular flexibility index (Phi) is 4.19. The predicted octanol–water partition coefficient (Wildman–Crippen LogP) is 1.70. The highest BCUT2D eigenvalue weighted by Gasteiger charge is 2.11. The van der Waals surface area contributed by atoms with Crippen LogP contribution in [0.2, 0.25) is 0 Å². The molecule has 0 atom stereocenters. The van der Waals surface area contributed by atoms with E-state index in [4.69, 9.17) is 4.74 Å². The van der Waals surface area contributed by atoms with Crippen LogP contribution in [0.3, 0.4) is 0 Å². The van der Waals surface area contributed by atoms with Crippen LogP contribution in [-0.4, -0.2) is 38.6 Å². The van der Waals surface area contributed by atoms with Gasteiger partial charge in [-0.15, -0.1) is 5.10 Å². The lowest BCUT2D eigenvalue weighted by atomic mass is 10.1. The van der Waals surface area contributed by atoms with Gasteiger partial charge in [-0.05, 0) is 34.7 Å². The molecule has 0 aliphatic carbocycles. The summed E-state index contributed by atoms with van der Waals surface area (Å²) in [7, 11) is 0. The lowest BCUT2D eigenvalue weighted by Gasteiger charge is -2.05. The monoisotopic (exact) mass is 308 g/mol. The van der Waals surface area contributed by atoms with E-state index in [2.05, 4.69) is 15.5 Å². The molecule has 0 bridgehead atoms. The molecule has 0 radical (unpaired) electrons. The second-order valence-electron chi connectivity index (χ2n) is 4.67. The molecule has 0 fully saturated rings. The summed E-state index contributed by atoms with van der Waals surface area (Å²) in [5.41, 5.74) is 1.57. The molecule has 3 rings (SSSR count). The lowest BCUT2D eigenvalue weighted by molar-refractivity contribution is 0.0475. The Labute approximate surface area is 131 Å². The molecule has 0 aliphatic heterocycles. The van der Waals surface area contributed by atoms with Crippen LogP contribution in [0, 0.1) is 0 Å². The molecule has 0 N–H and O–H groups in total. The third-order valence-corrected chi connectivity index (χ3v) is 3.15. The van der Waals surface area contributed by atoms with Gasteiger partial charge in [-0.2, -0.15) is 0 Å². The fourth-order valence-electron chi connectivity index (χ4n) is 1.95. The number of aromatic nitrogens is 4. The zero-order chi connectivity index (χ0) is 16.1. The third kappa shape index (κ3) is 3.46. The summed E-state index contributed by atoms with van der Waals surface area (Å²) in [5.74, 6) is -0.804. The summed E-state index contributed by atoms with van der Waals surface area (Å²) in [6.07, 6.45) is 1.45. The first kappa shape index (κ1) is 14.6. The van der Waals surface area contributed by atoms with E-state index in [1.165, 1.54) is 11.0 Å². The Hall–Kier alpha value is -3.35. The molecule has 23 heavy (non-hydrogen) atoms. The minimum atomic E-state index is -0.558. The van der Waals surface area contributed by atoms with E-state index < -0.39 is 5.97 Å². The van der Waals surface area contributed by atoms with Crippen molar-refractivity contribution in [1.29, 1.82) is 0 Å². The van der Waals surface area contributed by atoms with Gasteiger partial charge in [0.05, 0.1) is 11.3 Å². The highest BCUT2D eigenvalue weighted by Crippen LogP contribution is 2.09. The number of ether oxygens (including phenoxy) is 1. The Bertz CT molecular complexity index is 799. The van der Waals surface area contributed by atoms with Crippen LogP contribution in [0.1, 0.15) is 20.7 Å². The number of hydrogen-bond donors (Lipinski definition) is 0. The number of carbonyl (C=O) groups excluding carboxylic acids is 2. The van der Waals surface area contributed by atoms with Gasteiger partial charge in [0.2, 0.25) is 0 Å². The molecule has 2 aromatic carbocycles. The number of benzene rings is 2. The van der Waals surface area contributed by atoms with Gasteiger partial charge in [0.1, 0.15) is 6.33 Å². The van der Waals surface area contributed by atoms with Crippen molar-refractivity contribution in [3.8, 4) is 5.69 Å². The maximum atomic E-state index is 12.0. The van der Waals surface area contributed by atoms with E-state index in [0.29, 0.717) is 16.8 Å². The zero-order valence-corrected chi connectivity index (χ0v) is 12.0.